The number of aryl methyl sites for hydroxylation is 1. The number of hydrazine groups is 1. The number of ether oxygens (including phenoxy) is 1. The first-order chi connectivity index (χ1) is 14.5. The Hall–Kier alpha value is -2.87. The molecule has 0 saturated carbocycles. The summed E-state index contributed by atoms with van der Waals surface area (Å²) in [5.74, 6) is 0.640. The Morgan fingerprint density at radius 3 is 2.77 bits per heavy atom. The Bertz CT molecular complexity index is 948. The van der Waals surface area contributed by atoms with Crippen molar-refractivity contribution in [2.24, 2.45) is 5.92 Å². The summed E-state index contributed by atoms with van der Waals surface area (Å²) >= 11 is 0. The molecule has 30 heavy (non-hydrogen) atoms. The van der Waals surface area contributed by atoms with Crippen LogP contribution < -0.4 is 15.6 Å². The second-order valence-electron chi connectivity index (χ2n) is 7.76. The maximum Gasteiger partial charge on any atom is 0.242 e. The highest BCUT2D eigenvalue weighted by Crippen LogP contribution is 2.48. The van der Waals surface area contributed by atoms with Crippen LogP contribution in [0.5, 0.6) is 11.5 Å². The van der Waals surface area contributed by atoms with Gasteiger partial charge in [0.05, 0.1) is 18.7 Å². The summed E-state index contributed by atoms with van der Waals surface area (Å²) in [5.41, 5.74) is 9.04. The van der Waals surface area contributed by atoms with Crippen LogP contribution in [0.25, 0.3) is 0 Å². The lowest BCUT2D eigenvalue weighted by atomic mass is 9.82. The van der Waals surface area contributed by atoms with Gasteiger partial charge < -0.3 is 19.8 Å². The van der Waals surface area contributed by atoms with Crippen molar-refractivity contribution in [3.8, 4) is 11.5 Å². The molecule has 2 aliphatic heterocycles. The number of aliphatic hydroxyl groups excluding tert-OH is 1. The SMILES string of the molecule is C=CCOc1cccc(C2C3C(NNC3c3cc(C)ccc3O)C(=O)N2CCO)c1. The molecule has 0 spiro atoms. The summed E-state index contributed by atoms with van der Waals surface area (Å²) in [4.78, 5) is 14.9. The van der Waals surface area contributed by atoms with Gasteiger partial charge in [0.1, 0.15) is 24.1 Å². The number of amides is 1. The number of hydrogen-bond donors (Lipinski definition) is 4. The predicted molar refractivity (Wildman–Crippen MR) is 113 cm³/mol. The molecule has 2 saturated heterocycles. The van der Waals surface area contributed by atoms with Crippen molar-refractivity contribution in [2.45, 2.75) is 25.0 Å². The van der Waals surface area contributed by atoms with Gasteiger partial charge in [-0.2, -0.15) is 0 Å². The summed E-state index contributed by atoms with van der Waals surface area (Å²) in [6, 6.07) is 12.1. The van der Waals surface area contributed by atoms with Crippen LogP contribution in [0.3, 0.4) is 0 Å². The van der Waals surface area contributed by atoms with Crippen molar-refractivity contribution in [1.29, 1.82) is 0 Å². The molecule has 4 rings (SSSR count). The molecule has 2 fully saturated rings. The zero-order chi connectivity index (χ0) is 21.3. The van der Waals surface area contributed by atoms with E-state index in [0.717, 1.165) is 16.7 Å². The minimum atomic E-state index is -0.454. The number of carbonyl (C=O) groups is 1. The number of nitrogens with zero attached hydrogens (tertiary/aromatic N) is 1. The normalized spacial score (nSPS) is 25.4. The van der Waals surface area contributed by atoms with Crippen molar-refractivity contribution >= 4 is 5.91 Å². The maximum atomic E-state index is 13.2. The fourth-order valence-electron chi connectivity index (χ4n) is 4.59. The first-order valence-corrected chi connectivity index (χ1v) is 10.1. The van der Waals surface area contributed by atoms with E-state index in [4.69, 9.17) is 4.74 Å². The molecule has 2 aromatic carbocycles. The summed E-state index contributed by atoms with van der Waals surface area (Å²) in [5, 5.41) is 20.1. The highest BCUT2D eigenvalue weighted by molar-refractivity contribution is 5.86. The molecule has 1 amide bonds. The van der Waals surface area contributed by atoms with Gasteiger partial charge in [0.2, 0.25) is 5.91 Å². The van der Waals surface area contributed by atoms with Crippen LogP contribution in [0.4, 0.5) is 0 Å². The lowest BCUT2D eigenvalue weighted by Crippen LogP contribution is -2.42. The first-order valence-electron chi connectivity index (χ1n) is 10.1. The van der Waals surface area contributed by atoms with E-state index in [2.05, 4.69) is 17.4 Å². The topological polar surface area (TPSA) is 94.1 Å². The smallest absolute Gasteiger partial charge is 0.242 e. The van der Waals surface area contributed by atoms with Gasteiger partial charge in [0.25, 0.3) is 0 Å². The Kier molecular flexibility index (Phi) is 5.76. The molecule has 7 heteroatoms. The highest BCUT2D eigenvalue weighted by atomic mass is 16.5. The van der Waals surface area contributed by atoms with E-state index in [-0.39, 0.29) is 42.8 Å². The van der Waals surface area contributed by atoms with E-state index >= 15 is 0 Å². The third-order valence-electron chi connectivity index (χ3n) is 5.84. The van der Waals surface area contributed by atoms with Crippen LogP contribution in [0, 0.1) is 12.8 Å². The molecule has 0 bridgehead atoms. The zero-order valence-electron chi connectivity index (χ0n) is 16.9. The van der Waals surface area contributed by atoms with E-state index in [0.29, 0.717) is 12.4 Å². The average Bonchev–Trinajstić information content (AvgIpc) is 3.28. The number of nitrogens with one attached hydrogen (secondary N) is 2. The number of phenols is 1. The lowest BCUT2D eigenvalue weighted by Gasteiger charge is -2.31. The van der Waals surface area contributed by atoms with E-state index in [1.807, 2.05) is 43.3 Å². The minimum Gasteiger partial charge on any atom is -0.508 e. The number of hydrogen-bond acceptors (Lipinski definition) is 6. The van der Waals surface area contributed by atoms with Crippen molar-refractivity contribution in [1.82, 2.24) is 15.8 Å². The number of likely N-dealkylation sites (tertiary alicyclic amines) is 1. The van der Waals surface area contributed by atoms with E-state index in [1.54, 1.807) is 17.0 Å². The second-order valence-corrected chi connectivity index (χ2v) is 7.76. The van der Waals surface area contributed by atoms with E-state index < -0.39 is 6.04 Å². The Morgan fingerprint density at radius 1 is 1.20 bits per heavy atom. The fourth-order valence-corrected chi connectivity index (χ4v) is 4.59. The van der Waals surface area contributed by atoms with Crippen LogP contribution in [-0.4, -0.2) is 46.8 Å². The molecule has 158 valence electrons. The second kappa shape index (κ2) is 8.47. The van der Waals surface area contributed by atoms with Gasteiger partial charge in [-0.3, -0.25) is 4.79 Å². The van der Waals surface area contributed by atoms with Gasteiger partial charge in [0, 0.05) is 18.0 Å². The van der Waals surface area contributed by atoms with Crippen LogP contribution >= 0.6 is 0 Å². The molecular formula is C23H27N3O4. The molecule has 2 aliphatic rings. The molecule has 0 radical (unpaired) electrons. The summed E-state index contributed by atoms with van der Waals surface area (Å²) < 4.78 is 5.69. The first kappa shape index (κ1) is 20.4. The van der Waals surface area contributed by atoms with Crippen molar-refractivity contribution in [3.63, 3.8) is 0 Å². The average molecular weight is 409 g/mol. The fraction of sp³-hybridized carbons (Fsp3) is 0.348. The Labute approximate surface area is 175 Å². The van der Waals surface area contributed by atoms with E-state index in [9.17, 15) is 15.0 Å². The number of aliphatic hydroxyl groups is 1. The molecule has 0 aliphatic carbocycles. The number of fused-ring (bicyclic) bond motifs is 1. The van der Waals surface area contributed by atoms with Gasteiger partial charge >= 0.3 is 0 Å². The molecule has 4 atom stereocenters. The number of rotatable bonds is 7. The molecule has 4 N–H and O–H groups in total. The monoisotopic (exact) mass is 409 g/mol. The standard InChI is InChI=1S/C23H27N3O4/c1-3-11-30-16-6-4-5-15(13-16)22-19-20(17-12-14(2)7-8-18(17)28)24-25-21(19)23(29)26(22)9-10-27/h3-8,12-13,19-22,24-25,27-28H,1,9-11H2,2H3. The highest BCUT2D eigenvalue weighted by Gasteiger charge is 2.55. The Morgan fingerprint density at radius 2 is 2.00 bits per heavy atom. The summed E-state index contributed by atoms with van der Waals surface area (Å²) in [6.45, 7) is 6.16. The minimum absolute atomic E-state index is 0.0707. The van der Waals surface area contributed by atoms with Gasteiger partial charge in [0.15, 0.2) is 0 Å². The van der Waals surface area contributed by atoms with Crippen LogP contribution in [0.1, 0.15) is 28.8 Å². The molecule has 0 aromatic heterocycles. The molecular weight excluding hydrogens is 382 g/mol. The number of β-amino-alcohol motifs (C(OH)–C–C–N with tert-alkyl or cyclic N) is 1. The molecule has 7 nitrogen and oxygen atoms in total. The van der Waals surface area contributed by atoms with Crippen molar-refractivity contribution < 1.29 is 19.7 Å². The van der Waals surface area contributed by atoms with Gasteiger partial charge in [-0.05, 0) is 30.7 Å². The van der Waals surface area contributed by atoms with Gasteiger partial charge in [-0.15, -0.1) is 0 Å². The number of carbonyl (C=O) groups excluding carboxylic acids is 1. The number of phenolic OH excluding ortho intramolecular Hbond substituents is 1. The van der Waals surface area contributed by atoms with Crippen molar-refractivity contribution in [3.05, 3.63) is 71.8 Å². The third kappa shape index (κ3) is 3.56. The summed E-state index contributed by atoms with van der Waals surface area (Å²) in [6.07, 6.45) is 1.68. The lowest BCUT2D eigenvalue weighted by molar-refractivity contribution is -0.131. The zero-order valence-corrected chi connectivity index (χ0v) is 16.9. The maximum absolute atomic E-state index is 13.2. The molecule has 2 aromatic rings. The van der Waals surface area contributed by atoms with Crippen LogP contribution in [0.2, 0.25) is 0 Å². The molecule has 4 unspecified atom stereocenters. The van der Waals surface area contributed by atoms with E-state index in [1.165, 1.54) is 0 Å². The van der Waals surface area contributed by atoms with Gasteiger partial charge in [-0.25, -0.2) is 10.9 Å². The quantitative estimate of drug-likeness (QED) is 0.523. The molecule has 2 heterocycles. The van der Waals surface area contributed by atoms with Crippen LogP contribution in [-0.2, 0) is 4.79 Å². The van der Waals surface area contributed by atoms with Crippen LogP contribution in [0.15, 0.2) is 55.1 Å². The Balaban J connectivity index is 1.76. The number of benzene rings is 2. The summed E-state index contributed by atoms with van der Waals surface area (Å²) in [7, 11) is 0. The predicted octanol–water partition coefficient (Wildman–Crippen LogP) is 1.97. The third-order valence-corrected chi connectivity index (χ3v) is 5.84. The van der Waals surface area contributed by atoms with Gasteiger partial charge in [-0.1, -0.05) is 42.5 Å². The van der Waals surface area contributed by atoms with Crippen molar-refractivity contribution in [2.75, 3.05) is 19.8 Å². The largest absolute Gasteiger partial charge is 0.508 e. The number of aromatic hydroxyl groups is 1.